The van der Waals surface area contributed by atoms with Crippen LogP contribution in [0, 0.1) is 11.8 Å². The minimum Gasteiger partial charge on any atom is -0.411 e. The molecule has 1 aliphatic heterocycles. The number of imide groups is 1. The van der Waals surface area contributed by atoms with E-state index in [4.69, 9.17) is 5.21 Å². The minimum atomic E-state index is -4.10. The van der Waals surface area contributed by atoms with E-state index in [-0.39, 0.29) is 49.3 Å². The Labute approximate surface area is 319 Å². The van der Waals surface area contributed by atoms with E-state index < -0.39 is 52.0 Å². The fourth-order valence-corrected chi connectivity index (χ4v) is 8.83. The molecule has 1 saturated heterocycles. The van der Waals surface area contributed by atoms with E-state index in [1.807, 2.05) is 37.3 Å². The van der Waals surface area contributed by atoms with Crippen molar-refractivity contribution in [3.8, 4) is 0 Å². The van der Waals surface area contributed by atoms with Gasteiger partial charge in [0.05, 0.1) is 35.5 Å². The number of benzene rings is 2. The van der Waals surface area contributed by atoms with Crippen LogP contribution in [0.5, 0.6) is 0 Å². The summed E-state index contributed by atoms with van der Waals surface area (Å²) in [5.41, 5.74) is 1.69. The van der Waals surface area contributed by atoms with Crippen molar-refractivity contribution in [1.82, 2.24) is 24.4 Å². The van der Waals surface area contributed by atoms with Gasteiger partial charge >= 0.3 is 6.03 Å². The summed E-state index contributed by atoms with van der Waals surface area (Å²) in [5, 5.41) is 31.2. The first-order valence-corrected chi connectivity index (χ1v) is 20.3. The molecule has 0 bridgehead atoms. The van der Waals surface area contributed by atoms with Gasteiger partial charge in [0, 0.05) is 25.4 Å². The maximum Gasteiger partial charge on any atom is 0.328 e. The van der Waals surface area contributed by atoms with Crippen LogP contribution < -0.4 is 10.6 Å². The predicted molar refractivity (Wildman–Crippen MR) is 202 cm³/mol. The number of aliphatic hydroxyl groups excluding tert-OH is 1. The van der Waals surface area contributed by atoms with Gasteiger partial charge < -0.3 is 25.8 Å². The third kappa shape index (κ3) is 9.88. The number of anilines is 1. The number of sulfonamides is 1. The lowest BCUT2D eigenvalue weighted by molar-refractivity contribution is -0.129. The highest BCUT2D eigenvalue weighted by atomic mass is 32.2. The van der Waals surface area contributed by atoms with Crippen molar-refractivity contribution < 1.29 is 37.9 Å². The Morgan fingerprint density at radius 2 is 1.83 bits per heavy atom. The van der Waals surface area contributed by atoms with E-state index in [1.165, 1.54) is 46.6 Å². The van der Waals surface area contributed by atoms with Crippen LogP contribution in [0.15, 0.2) is 70.0 Å². The standard InChI is InChI=1S/C37H47N7O8S2/c1-4-24(2)34(44-22-33(47)43(37(44)49)20-29-23-53-36(40-29)39-25(3)45)35(48)41-31(17-26-9-6-5-7-10-26)32(46)21-42(19-28-11-8-12-28)54(51,52)30-15-13-27(14-16-30)18-38-50/h5-7,9-10,13-16,18,23-24,28,31-32,34,46,50H,4,8,11-12,17,19-22H2,1-3H3,(H,41,48)(H,39,40,45)/b38-18+/t24-,31-,32+,34-/m0/s1. The van der Waals surface area contributed by atoms with Gasteiger partial charge in [-0.3, -0.25) is 19.3 Å². The number of hydrogen-bond donors (Lipinski definition) is 4. The van der Waals surface area contributed by atoms with Crippen molar-refractivity contribution in [2.24, 2.45) is 17.0 Å². The Bertz CT molecular complexity index is 1920. The van der Waals surface area contributed by atoms with Gasteiger partial charge in [-0.25, -0.2) is 18.2 Å². The van der Waals surface area contributed by atoms with E-state index in [2.05, 4.69) is 20.8 Å². The number of nitrogens with one attached hydrogen (secondary N) is 2. The second-order valence-corrected chi connectivity index (χ2v) is 16.6. The highest BCUT2D eigenvalue weighted by Gasteiger charge is 2.45. The number of amides is 5. The molecule has 5 rings (SSSR count). The zero-order valence-corrected chi connectivity index (χ0v) is 32.1. The van der Waals surface area contributed by atoms with Crippen LogP contribution in [0.1, 0.15) is 63.3 Å². The van der Waals surface area contributed by atoms with Crippen LogP contribution in [-0.4, -0.2) is 106 Å². The van der Waals surface area contributed by atoms with E-state index in [1.54, 1.807) is 12.3 Å². The van der Waals surface area contributed by atoms with Gasteiger partial charge in [0.15, 0.2) is 5.13 Å². The second-order valence-electron chi connectivity index (χ2n) is 13.9. The predicted octanol–water partition coefficient (Wildman–Crippen LogP) is 3.67. The molecule has 2 heterocycles. The monoisotopic (exact) mass is 781 g/mol. The Morgan fingerprint density at radius 1 is 1.13 bits per heavy atom. The summed E-state index contributed by atoms with van der Waals surface area (Å²) in [6.45, 7) is 4.41. The van der Waals surface area contributed by atoms with Crippen molar-refractivity contribution in [1.29, 1.82) is 0 Å². The molecule has 4 atom stereocenters. The van der Waals surface area contributed by atoms with Crippen molar-refractivity contribution in [3.63, 3.8) is 0 Å². The average Bonchev–Trinajstić information content (AvgIpc) is 3.67. The molecule has 2 aliphatic rings. The van der Waals surface area contributed by atoms with E-state index in [0.29, 0.717) is 22.8 Å². The first-order valence-electron chi connectivity index (χ1n) is 17.9. The Hall–Kier alpha value is -4.71. The van der Waals surface area contributed by atoms with Crippen molar-refractivity contribution in [2.75, 3.05) is 25.0 Å². The molecule has 5 amide bonds. The van der Waals surface area contributed by atoms with Crippen molar-refractivity contribution >= 4 is 56.5 Å². The lowest BCUT2D eigenvalue weighted by atomic mass is 9.85. The molecular formula is C37H47N7O8S2. The van der Waals surface area contributed by atoms with Crippen LogP contribution in [0.2, 0.25) is 0 Å². The van der Waals surface area contributed by atoms with Crippen LogP contribution >= 0.6 is 11.3 Å². The number of urea groups is 1. The van der Waals surface area contributed by atoms with E-state index >= 15 is 0 Å². The molecule has 15 nitrogen and oxygen atoms in total. The van der Waals surface area contributed by atoms with Gasteiger partial charge in [-0.1, -0.05) is 74.3 Å². The van der Waals surface area contributed by atoms with Gasteiger partial charge in [-0.05, 0) is 54.4 Å². The Morgan fingerprint density at radius 3 is 2.44 bits per heavy atom. The zero-order chi connectivity index (χ0) is 39.0. The molecule has 0 spiro atoms. The fourth-order valence-electron chi connectivity index (χ4n) is 6.54. The lowest BCUT2D eigenvalue weighted by Crippen LogP contribution is -2.57. The molecule has 1 aromatic heterocycles. The summed E-state index contributed by atoms with van der Waals surface area (Å²) >= 11 is 1.16. The number of nitrogens with zero attached hydrogens (tertiary/aromatic N) is 5. The summed E-state index contributed by atoms with van der Waals surface area (Å²) in [7, 11) is -4.10. The van der Waals surface area contributed by atoms with Gasteiger partial charge in [-0.15, -0.1) is 11.3 Å². The smallest absolute Gasteiger partial charge is 0.328 e. The number of carbonyl (C=O) groups is 4. The topological polar surface area (TPSA) is 202 Å². The molecule has 0 radical (unpaired) electrons. The second kappa shape index (κ2) is 18.1. The van der Waals surface area contributed by atoms with Gasteiger partial charge in [0.2, 0.25) is 21.8 Å². The number of rotatable bonds is 18. The van der Waals surface area contributed by atoms with Crippen LogP contribution in [0.25, 0.3) is 0 Å². The molecule has 3 aromatic rings. The van der Waals surface area contributed by atoms with Crippen LogP contribution in [-0.2, 0) is 37.4 Å². The minimum absolute atomic E-state index is 0.00958. The third-order valence-electron chi connectivity index (χ3n) is 9.92. The van der Waals surface area contributed by atoms with E-state index in [0.717, 1.165) is 41.1 Å². The zero-order valence-electron chi connectivity index (χ0n) is 30.5. The molecule has 54 heavy (non-hydrogen) atoms. The molecule has 0 unspecified atom stereocenters. The molecule has 1 aliphatic carbocycles. The molecule has 4 N–H and O–H groups in total. The number of oxime groups is 1. The number of thiazole rings is 1. The largest absolute Gasteiger partial charge is 0.411 e. The Kier molecular flexibility index (Phi) is 13.5. The van der Waals surface area contributed by atoms with Crippen molar-refractivity contribution in [2.45, 2.75) is 82.5 Å². The summed E-state index contributed by atoms with van der Waals surface area (Å²) in [4.78, 5) is 59.3. The summed E-state index contributed by atoms with van der Waals surface area (Å²) in [5.74, 6) is -1.67. The molecular weight excluding hydrogens is 735 g/mol. The third-order valence-corrected chi connectivity index (χ3v) is 12.6. The van der Waals surface area contributed by atoms with Gasteiger partial charge in [-0.2, -0.15) is 4.31 Å². The molecule has 2 aromatic carbocycles. The summed E-state index contributed by atoms with van der Waals surface area (Å²) in [6.07, 6.45) is 3.16. The molecule has 290 valence electrons. The quantitative estimate of drug-likeness (QED) is 0.0643. The summed E-state index contributed by atoms with van der Waals surface area (Å²) in [6, 6.07) is 12.3. The maximum atomic E-state index is 14.3. The van der Waals surface area contributed by atoms with Gasteiger partial charge in [0.25, 0.3) is 5.91 Å². The average molecular weight is 782 g/mol. The molecule has 1 saturated carbocycles. The first-order chi connectivity index (χ1) is 25.8. The van der Waals surface area contributed by atoms with Crippen molar-refractivity contribution in [3.05, 3.63) is 76.8 Å². The maximum absolute atomic E-state index is 14.3. The number of aromatic nitrogens is 1. The van der Waals surface area contributed by atoms with Crippen LogP contribution in [0.4, 0.5) is 9.93 Å². The highest BCUT2D eigenvalue weighted by molar-refractivity contribution is 7.89. The molecule has 2 fully saturated rings. The highest BCUT2D eigenvalue weighted by Crippen LogP contribution is 2.30. The number of carbonyl (C=O) groups excluding carboxylic acids is 4. The Balaban J connectivity index is 1.38. The van der Waals surface area contributed by atoms with E-state index in [9.17, 15) is 32.7 Å². The normalized spacial score (nSPS) is 17.4. The first kappa shape index (κ1) is 40.5. The summed E-state index contributed by atoms with van der Waals surface area (Å²) < 4.78 is 29.4. The number of aliphatic hydroxyl groups is 1. The fraction of sp³-hybridized carbons (Fsp3) is 0.459. The number of hydrogen-bond acceptors (Lipinski definition) is 11. The lowest BCUT2D eigenvalue weighted by Gasteiger charge is -2.36. The SMILES string of the molecule is CC[C@H](C)[C@@H](C(=O)N[C@@H](Cc1ccccc1)[C@H](O)CN(CC1CCC1)S(=O)(=O)c1ccc(/C=N/O)cc1)N1CC(=O)N(Cc2csc(NC(C)=O)n2)C1=O. The van der Waals surface area contributed by atoms with Crippen LogP contribution in [0.3, 0.4) is 0 Å². The van der Waals surface area contributed by atoms with Gasteiger partial charge in [0.1, 0.15) is 12.6 Å². The molecule has 17 heteroatoms.